The molecule has 0 bridgehead atoms. The molecule has 6 rings (SSSR count). The van der Waals surface area contributed by atoms with Crippen LogP contribution in [0.5, 0.6) is 0 Å². The lowest BCUT2D eigenvalue weighted by Crippen LogP contribution is -2.41. The number of nitrogens with zero attached hydrogens (tertiary/aromatic N) is 6. The highest BCUT2D eigenvalue weighted by molar-refractivity contribution is 5.99. The number of hydrogen-bond acceptors (Lipinski definition) is 7. The van der Waals surface area contributed by atoms with Crippen LogP contribution in [-0.4, -0.2) is 56.3 Å². The van der Waals surface area contributed by atoms with Gasteiger partial charge in [-0.25, -0.2) is 14.5 Å². The summed E-state index contributed by atoms with van der Waals surface area (Å²) in [5, 5.41) is 9.54. The highest BCUT2D eigenvalue weighted by atomic mass is 16.5. The van der Waals surface area contributed by atoms with E-state index < -0.39 is 0 Å². The molecule has 1 amide bonds. The van der Waals surface area contributed by atoms with Crippen molar-refractivity contribution in [2.24, 2.45) is 5.92 Å². The number of aromatic nitrogens is 5. The fraction of sp³-hybridized carbons (Fsp3) is 0.375. The summed E-state index contributed by atoms with van der Waals surface area (Å²) in [6.07, 6.45) is 7.67. The summed E-state index contributed by atoms with van der Waals surface area (Å²) in [5.41, 5.74) is 3.54. The van der Waals surface area contributed by atoms with Gasteiger partial charge in [0.25, 0.3) is 0 Å². The Balaban J connectivity index is 1.39. The minimum Gasteiger partial charge on any atom is -0.375 e. The minimum atomic E-state index is 0.0324. The number of anilines is 2. The van der Waals surface area contributed by atoms with Crippen molar-refractivity contribution >= 4 is 33.8 Å². The second-order valence-electron chi connectivity index (χ2n) is 8.89. The number of hydrogen-bond donors (Lipinski definition) is 1. The summed E-state index contributed by atoms with van der Waals surface area (Å²) in [7, 11) is 0. The highest BCUT2D eigenvalue weighted by Crippen LogP contribution is 2.32. The van der Waals surface area contributed by atoms with Crippen molar-refractivity contribution in [2.45, 2.75) is 32.8 Å². The van der Waals surface area contributed by atoms with Gasteiger partial charge in [-0.2, -0.15) is 0 Å². The van der Waals surface area contributed by atoms with Crippen LogP contribution in [0.1, 0.15) is 25.5 Å². The van der Waals surface area contributed by atoms with Crippen LogP contribution in [0.2, 0.25) is 0 Å². The van der Waals surface area contributed by atoms with Gasteiger partial charge < -0.3 is 15.0 Å². The van der Waals surface area contributed by atoms with E-state index in [4.69, 9.17) is 14.8 Å². The molecule has 1 aliphatic carbocycles. The van der Waals surface area contributed by atoms with Crippen molar-refractivity contribution in [1.29, 1.82) is 0 Å². The number of amides is 1. The molecule has 1 saturated carbocycles. The van der Waals surface area contributed by atoms with Crippen molar-refractivity contribution < 1.29 is 9.53 Å². The van der Waals surface area contributed by atoms with Gasteiger partial charge in [0, 0.05) is 53.4 Å². The third-order valence-corrected chi connectivity index (χ3v) is 6.33. The maximum atomic E-state index is 12.2. The molecule has 0 radical (unpaired) electrons. The first kappa shape index (κ1) is 20.0. The summed E-state index contributed by atoms with van der Waals surface area (Å²) >= 11 is 0. The molecule has 1 N–H and O–H groups in total. The average molecular weight is 444 g/mol. The Morgan fingerprint density at radius 2 is 2.06 bits per heavy atom. The molecular weight excluding hydrogens is 418 g/mol. The van der Waals surface area contributed by atoms with Crippen LogP contribution in [0, 0.1) is 12.8 Å². The zero-order chi connectivity index (χ0) is 22.5. The Hall–Kier alpha value is -3.59. The van der Waals surface area contributed by atoms with Crippen molar-refractivity contribution in [2.75, 3.05) is 29.9 Å². The number of rotatable bonds is 4. The number of nitrogens with one attached hydrogen (secondary N) is 1. The first-order chi connectivity index (χ1) is 16.0. The molecule has 2 aliphatic rings. The van der Waals surface area contributed by atoms with E-state index in [0.29, 0.717) is 11.6 Å². The molecule has 1 saturated heterocycles. The van der Waals surface area contributed by atoms with Gasteiger partial charge in [0.2, 0.25) is 5.91 Å². The van der Waals surface area contributed by atoms with E-state index >= 15 is 0 Å². The van der Waals surface area contributed by atoms with Crippen LogP contribution in [0.3, 0.4) is 0 Å². The molecule has 0 spiro atoms. The van der Waals surface area contributed by atoms with E-state index in [1.807, 2.05) is 29.8 Å². The van der Waals surface area contributed by atoms with Gasteiger partial charge in [0.15, 0.2) is 11.5 Å². The number of morpholine rings is 1. The first-order valence-electron chi connectivity index (χ1n) is 11.3. The third kappa shape index (κ3) is 3.78. The van der Waals surface area contributed by atoms with Crippen LogP contribution >= 0.6 is 0 Å². The summed E-state index contributed by atoms with van der Waals surface area (Å²) < 4.78 is 7.48. The third-order valence-electron chi connectivity index (χ3n) is 6.33. The van der Waals surface area contributed by atoms with E-state index in [-0.39, 0.29) is 17.9 Å². The Morgan fingerprint density at radius 1 is 1.18 bits per heavy atom. The first-order valence-corrected chi connectivity index (χ1v) is 11.3. The summed E-state index contributed by atoms with van der Waals surface area (Å²) in [4.78, 5) is 28.3. The predicted molar refractivity (Wildman–Crippen MR) is 125 cm³/mol. The maximum Gasteiger partial charge on any atom is 0.228 e. The number of aryl methyl sites for hydroxylation is 1. The molecule has 0 unspecified atom stereocenters. The van der Waals surface area contributed by atoms with Gasteiger partial charge in [-0.3, -0.25) is 9.78 Å². The zero-order valence-electron chi connectivity index (χ0n) is 18.7. The molecule has 1 atom stereocenters. The summed E-state index contributed by atoms with van der Waals surface area (Å²) in [5.74, 6) is 1.28. The van der Waals surface area contributed by atoms with Gasteiger partial charge in [-0.15, -0.1) is 5.10 Å². The lowest BCUT2D eigenvalue weighted by Gasteiger charge is -2.32. The van der Waals surface area contributed by atoms with E-state index in [9.17, 15) is 4.79 Å². The van der Waals surface area contributed by atoms with E-state index in [0.717, 1.165) is 65.9 Å². The molecule has 1 aliphatic heterocycles. The summed E-state index contributed by atoms with van der Waals surface area (Å²) in [6, 6.07) is 5.96. The molecule has 2 fully saturated rings. The van der Waals surface area contributed by atoms with E-state index in [1.165, 1.54) is 0 Å². The second-order valence-corrected chi connectivity index (χ2v) is 8.89. The average Bonchev–Trinajstić information content (AvgIpc) is 3.58. The number of ether oxygens (including phenoxy) is 1. The number of carbonyl (C=O) groups excluding carboxylic acids is 1. The Labute approximate surface area is 190 Å². The fourth-order valence-electron chi connectivity index (χ4n) is 4.31. The normalized spacial score (nSPS) is 18.7. The second kappa shape index (κ2) is 7.77. The Morgan fingerprint density at radius 3 is 2.88 bits per heavy atom. The Kier molecular flexibility index (Phi) is 4.72. The van der Waals surface area contributed by atoms with Crippen LogP contribution in [0.25, 0.3) is 27.8 Å². The SMILES string of the molecule is Cc1ncc(-c2nc3ccc(N4CCO[C@@H](C)C4)cn3n2)c2cc(NC(=O)C3CC3)ncc12. The van der Waals surface area contributed by atoms with Crippen molar-refractivity contribution in [3.8, 4) is 11.4 Å². The minimum absolute atomic E-state index is 0.0324. The topological polar surface area (TPSA) is 97.5 Å². The van der Waals surface area contributed by atoms with Crippen molar-refractivity contribution in [1.82, 2.24) is 24.6 Å². The molecule has 33 heavy (non-hydrogen) atoms. The highest BCUT2D eigenvalue weighted by Gasteiger charge is 2.30. The fourth-order valence-corrected chi connectivity index (χ4v) is 4.31. The molecule has 9 nitrogen and oxygen atoms in total. The van der Waals surface area contributed by atoms with Gasteiger partial charge in [0.05, 0.1) is 24.6 Å². The largest absolute Gasteiger partial charge is 0.375 e. The molecule has 4 aromatic rings. The van der Waals surface area contributed by atoms with Crippen LogP contribution in [-0.2, 0) is 9.53 Å². The summed E-state index contributed by atoms with van der Waals surface area (Å²) in [6.45, 7) is 6.46. The van der Waals surface area contributed by atoms with Gasteiger partial charge in [-0.05, 0) is 44.9 Å². The number of pyridine rings is 3. The van der Waals surface area contributed by atoms with Gasteiger partial charge in [-0.1, -0.05) is 0 Å². The van der Waals surface area contributed by atoms with E-state index in [2.05, 4.69) is 33.2 Å². The van der Waals surface area contributed by atoms with Crippen molar-refractivity contribution in [3.05, 3.63) is 42.5 Å². The molecular formula is C24H25N7O2. The molecule has 168 valence electrons. The van der Waals surface area contributed by atoms with Crippen LogP contribution in [0.15, 0.2) is 36.8 Å². The molecule has 5 heterocycles. The lowest BCUT2D eigenvalue weighted by molar-refractivity contribution is -0.117. The smallest absolute Gasteiger partial charge is 0.228 e. The molecule has 9 heteroatoms. The zero-order valence-corrected chi connectivity index (χ0v) is 18.7. The molecule has 0 aromatic carbocycles. The molecule has 4 aromatic heterocycles. The van der Waals surface area contributed by atoms with Crippen molar-refractivity contribution in [3.63, 3.8) is 0 Å². The number of carbonyl (C=O) groups is 1. The monoisotopic (exact) mass is 443 g/mol. The van der Waals surface area contributed by atoms with Crippen LogP contribution < -0.4 is 10.2 Å². The van der Waals surface area contributed by atoms with Gasteiger partial charge >= 0.3 is 0 Å². The standard InChI is InChI=1S/C24H25N7O2/c1-14-12-30(7-8-33-14)17-5-6-22-28-23(29-31(22)13-17)20-11-25-15(2)19-10-26-21(9-18(19)20)27-24(32)16-3-4-16/h5-6,9-11,13-14,16H,3-4,7-8,12H2,1-2H3,(H,26,27,32)/t14-/m0/s1. The number of fused-ring (bicyclic) bond motifs is 2. The maximum absolute atomic E-state index is 12.2. The quantitative estimate of drug-likeness (QED) is 0.517. The lowest BCUT2D eigenvalue weighted by atomic mass is 10.1. The van der Waals surface area contributed by atoms with Gasteiger partial charge in [0.1, 0.15) is 5.82 Å². The van der Waals surface area contributed by atoms with E-state index in [1.54, 1.807) is 12.4 Å². The predicted octanol–water partition coefficient (Wildman–Crippen LogP) is 3.22. The Bertz CT molecular complexity index is 1380. The van der Waals surface area contributed by atoms with Crippen LogP contribution in [0.4, 0.5) is 11.5 Å².